The third-order valence-electron chi connectivity index (χ3n) is 3.61. The van der Waals surface area contributed by atoms with Crippen molar-refractivity contribution in [3.8, 4) is 10.6 Å². The van der Waals surface area contributed by atoms with Gasteiger partial charge in [0, 0.05) is 30.1 Å². The van der Waals surface area contributed by atoms with Gasteiger partial charge in [0.25, 0.3) is 5.91 Å². The van der Waals surface area contributed by atoms with Gasteiger partial charge in [0.05, 0.1) is 0 Å². The highest BCUT2D eigenvalue weighted by molar-refractivity contribution is 7.13. The first-order chi connectivity index (χ1) is 9.65. The van der Waals surface area contributed by atoms with Gasteiger partial charge in [-0.1, -0.05) is 24.3 Å². The van der Waals surface area contributed by atoms with E-state index in [-0.39, 0.29) is 11.9 Å². The molecule has 0 saturated carbocycles. The van der Waals surface area contributed by atoms with Gasteiger partial charge in [0.2, 0.25) is 0 Å². The van der Waals surface area contributed by atoms with Crippen molar-refractivity contribution in [1.29, 1.82) is 0 Å². The molecule has 0 radical (unpaired) electrons. The molecule has 104 valence electrons. The van der Waals surface area contributed by atoms with Crippen molar-refractivity contribution >= 4 is 17.2 Å². The molecular formula is C15H17N3OS. The number of likely N-dealkylation sites (tertiary alicyclic amines) is 1. The van der Waals surface area contributed by atoms with Crippen LogP contribution in [0, 0.1) is 6.92 Å². The van der Waals surface area contributed by atoms with Crippen LogP contribution < -0.4 is 5.73 Å². The summed E-state index contributed by atoms with van der Waals surface area (Å²) in [7, 11) is 0. The Morgan fingerprint density at radius 3 is 2.95 bits per heavy atom. The van der Waals surface area contributed by atoms with Gasteiger partial charge in [0.1, 0.15) is 10.7 Å². The number of carbonyl (C=O) groups excluding carboxylic acids is 1. The number of benzene rings is 1. The Balaban J connectivity index is 1.84. The van der Waals surface area contributed by atoms with Gasteiger partial charge in [-0.05, 0) is 18.9 Å². The van der Waals surface area contributed by atoms with Crippen LogP contribution in [0.4, 0.5) is 0 Å². The van der Waals surface area contributed by atoms with Gasteiger partial charge in [-0.15, -0.1) is 11.3 Å². The number of nitrogens with two attached hydrogens (primary N) is 1. The maximum absolute atomic E-state index is 12.3. The summed E-state index contributed by atoms with van der Waals surface area (Å²) in [6, 6.07) is 8.19. The second-order valence-corrected chi connectivity index (χ2v) is 6.01. The fourth-order valence-corrected chi connectivity index (χ4v) is 3.33. The average molecular weight is 287 g/mol. The Morgan fingerprint density at radius 2 is 2.25 bits per heavy atom. The molecule has 1 aromatic carbocycles. The number of carbonyl (C=O) groups is 1. The minimum absolute atomic E-state index is 0.00552. The first-order valence-electron chi connectivity index (χ1n) is 6.71. The molecule has 20 heavy (non-hydrogen) atoms. The van der Waals surface area contributed by atoms with Gasteiger partial charge in [-0.3, -0.25) is 4.79 Å². The number of rotatable bonds is 2. The maximum Gasteiger partial charge on any atom is 0.273 e. The van der Waals surface area contributed by atoms with Crippen molar-refractivity contribution in [2.75, 3.05) is 13.1 Å². The Kier molecular flexibility index (Phi) is 3.54. The van der Waals surface area contributed by atoms with Crippen molar-refractivity contribution in [2.24, 2.45) is 5.73 Å². The van der Waals surface area contributed by atoms with Crippen LogP contribution in [-0.4, -0.2) is 34.9 Å². The van der Waals surface area contributed by atoms with E-state index in [9.17, 15) is 4.79 Å². The smallest absolute Gasteiger partial charge is 0.273 e. The molecule has 2 aromatic rings. The van der Waals surface area contributed by atoms with Gasteiger partial charge in [-0.2, -0.15) is 0 Å². The molecule has 2 N–H and O–H groups in total. The number of hydrogen-bond acceptors (Lipinski definition) is 4. The first-order valence-corrected chi connectivity index (χ1v) is 7.59. The van der Waals surface area contributed by atoms with Crippen molar-refractivity contribution in [3.63, 3.8) is 0 Å². The molecule has 1 atom stereocenters. The van der Waals surface area contributed by atoms with E-state index in [1.807, 2.05) is 23.6 Å². The lowest BCUT2D eigenvalue weighted by Crippen LogP contribution is -2.32. The van der Waals surface area contributed by atoms with Crippen LogP contribution in [-0.2, 0) is 0 Å². The Morgan fingerprint density at radius 1 is 1.45 bits per heavy atom. The number of nitrogens with zero attached hydrogens (tertiary/aromatic N) is 2. The maximum atomic E-state index is 12.3. The lowest BCUT2D eigenvalue weighted by Gasteiger charge is -2.13. The molecule has 1 aliphatic heterocycles. The molecule has 0 unspecified atom stereocenters. The van der Waals surface area contributed by atoms with Gasteiger partial charge in [0.15, 0.2) is 0 Å². The lowest BCUT2D eigenvalue weighted by atomic mass is 10.1. The van der Waals surface area contributed by atoms with Crippen LogP contribution in [0.15, 0.2) is 29.6 Å². The topological polar surface area (TPSA) is 59.2 Å². The van der Waals surface area contributed by atoms with Crippen LogP contribution in [0.5, 0.6) is 0 Å². The largest absolute Gasteiger partial charge is 0.336 e. The molecule has 1 aliphatic rings. The fourth-order valence-electron chi connectivity index (χ4n) is 2.44. The van der Waals surface area contributed by atoms with E-state index in [1.165, 1.54) is 16.9 Å². The molecule has 4 nitrogen and oxygen atoms in total. The van der Waals surface area contributed by atoms with Crippen LogP contribution in [0.3, 0.4) is 0 Å². The van der Waals surface area contributed by atoms with E-state index in [1.54, 1.807) is 4.90 Å². The molecule has 0 aliphatic carbocycles. The minimum Gasteiger partial charge on any atom is -0.336 e. The van der Waals surface area contributed by atoms with Crippen molar-refractivity contribution in [1.82, 2.24) is 9.88 Å². The van der Waals surface area contributed by atoms with E-state index in [4.69, 9.17) is 5.73 Å². The third kappa shape index (κ3) is 2.46. The zero-order chi connectivity index (χ0) is 14.1. The normalized spacial score (nSPS) is 18.5. The SMILES string of the molecule is Cc1ccccc1-c1nc(C(=O)N2CC[C@@H](N)C2)cs1. The predicted molar refractivity (Wildman–Crippen MR) is 80.8 cm³/mol. The van der Waals surface area contributed by atoms with E-state index in [0.29, 0.717) is 12.2 Å². The molecular weight excluding hydrogens is 270 g/mol. The molecule has 1 saturated heterocycles. The summed E-state index contributed by atoms with van der Waals surface area (Å²) in [5, 5.41) is 2.74. The summed E-state index contributed by atoms with van der Waals surface area (Å²) in [6.07, 6.45) is 0.876. The van der Waals surface area contributed by atoms with Crippen molar-refractivity contribution < 1.29 is 4.79 Å². The summed E-state index contributed by atoms with van der Waals surface area (Å²) in [5.74, 6) is -0.00552. The average Bonchev–Trinajstić information content (AvgIpc) is 3.07. The predicted octanol–water partition coefficient (Wildman–Crippen LogP) is 2.29. The van der Waals surface area contributed by atoms with Crippen molar-refractivity contribution in [2.45, 2.75) is 19.4 Å². The number of amides is 1. The molecule has 1 fully saturated rings. The standard InChI is InChI=1S/C15H17N3OS/c1-10-4-2-3-5-12(10)14-17-13(9-20-14)15(19)18-7-6-11(16)8-18/h2-5,9,11H,6-8,16H2,1H3/t11-/m1/s1. The van der Waals surface area contributed by atoms with Gasteiger partial charge in [-0.25, -0.2) is 4.98 Å². The molecule has 2 heterocycles. The van der Waals surface area contributed by atoms with E-state index in [2.05, 4.69) is 18.0 Å². The zero-order valence-corrected chi connectivity index (χ0v) is 12.2. The monoisotopic (exact) mass is 287 g/mol. The summed E-state index contributed by atoms with van der Waals surface area (Å²) in [5.41, 5.74) is 8.64. The quantitative estimate of drug-likeness (QED) is 0.922. The summed E-state index contributed by atoms with van der Waals surface area (Å²) in [4.78, 5) is 18.6. The number of aryl methyl sites for hydroxylation is 1. The van der Waals surface area contributed by atoms with Crippen LogP contribution in [0.2, 0.25) is 0 Å². The summed E-state index contributed by atoms with van der Waals surface area (Å²) >= 11 is 1.51. The highest BCUT2D eigenvalue weighted by Gasteiger charge is 2.26. The highest BCUT2D eigenvalue weighted by Crippen LogP contribution is 2.27. The minimum atomic E-state index is -0.00552. The Labute approximate surface area is 122 Å². The first kappa shape index (κ1) is 13.3. The molecule has 1 aromatic heterocycles. The fraction of sp³-hybridized carbons (Fsp3) is 0.333. The summed E-state index contributed by atoms with van der Waals surface area (Å²) < 4.78 is 0. The second-order valence-electron chi connectivity index (χ2n) is 5.15. The highest BCUT2D eigenvalue weighted by atomic mass is 32.1. The lowest BCUT2D eigenvalue weighted by molar-refractivity contribution is 0.0786. The molecule has 0 bridgehead atoms. The third-order valence-corrected chi connectivity index (χ3v) is 4.49. The van der Waals surface area contributed by atoms with Crippen molar-refractivity contribution in [3.05, 3.63) is 40.9 Å². The zero-order valence-electron chi connectivity index (χ0n) is 11.4. The molecule has 5 heteroatoms. The number of thiazole rings is 1. The number of aromatic nitrogens is 1. The van der Waals surface area contributed by atoms with E-state index in [0.717, 1.165) is 23.5 Å². The second kappa shape index (κ2) is 5.34. The van der Waals surface area contributed by atoms with Crippen LogP contribution in [0.25, 0.3) is 10.6 Å². The van der Waals surface area contributed by atoms with Gasteiger partial charge < -0.3 is 10.6 Å². The molecule has 1 amide bonds. The van der Waals surface area contributed by atoms with E-state index >= 15 is 0 Å². The van der Waals surface area contributed by atoms with E-state index < -0.39 is 0 Å². The molecule has 3 rings (SSSR count). The summed E-state index contributed by atoms with van der Waals surface area (Å²) in [6.45, 7) is 3.42. The Hall–Kier alpha value is -1.72. The Bertz CT molecular complexity index is 638. The van der Waals surface area contributed by atoms with Crippen LogP contribution in [0.1, 0.15) is 22.5 Å². The van der Waals surface area contributed by atoms with Gasteiger partial charge >= 0.3 is 0 Å². The number of hydrogen-bond donors (Lipinski definition) is 1. The van der Waals surface area contributed by atoms with Crippen LogP contribution >= 0.6 is 11.3 Å². The molecule has 0 spiro atoms.